The number of methoxy groups -OCH3 is 1. The lowest BCUT2D eigenvalue weighted by Gasteiger charge is -2.50. The van der Waals surface area contributed by atoms with Crippen molar-refractivity contribution in [2.45, 2.75) is 94.2 Å². The number of fused-ring (bicyclic) bond motifs is 1. The molecule has 59 heavy (non-hydrogen) atoms. The summed E-state index contributed by atoms with van der Waals surface area (Å²) in [5, 5.41) is 0. The van der Waals surface area contributed by atoms with Gasteiger partial charge in [0.05, 0.1) is 39.6 Å². The molecule has 11 atom stereocenters. The van der Waals surface area contributed by atoms with Gasteiger partial charge in [-0.1, -0.05) is 152 Å². The Labute approximate surface area is 345 Å². The van der Waals surface area contributed by atoms with Gasteiger partial charge in [-0.3, -0.25) is 0 Å². The molecule has 3 heterocycles. The van der Waals surface area contributed by atoms with E-state index in [2.05, 4.69) is 0 Å². The smallest absolute Gasteiger partial charge is 0.187 e. The molecular formula is C48H51FO10. The number of hydrogen-bond acceptors (Lipinski definition) is 10. The van der Waals surface area contributed by atoms with E-state index in [9.17, 15) is 0 Å². The van der Waals surface area contributed by atoms with Crippen molar-refractivity contribution in [1.82, 2.24) is 0 Å². The van der Waals surface area contributed by atoms with Crippen LogP contribution in [-0.4, -0.2) is 81.8 Å². The van der Waals surface area contributed by atoms with E-state index >= 15 is 4.39 Å². The second-order valence-electron chi connectivity index (χ2n) is 14.8. The Morgan fingerprint density at radius 1 is 0.525 bits per heavy atom. The molecule has 0 radical (unpaired) electrons. The van der Waals surface area contributed by atoms with Crippen molar-refractivity contribution < 1.29 is 51.8 Å². The Kier molecular flexibility index (Phi) is 14.5. The summed E-state index contributed by atoms with van der Waals surface area (Å²) >= 11 is 0. The molecule has 3 aliphatic rings. The van der Waals surface area contributed by atoms with Gasteiger partial charge in [0, 0.05) is 12.7 Å². The molecule has 5 aromatic rings. The van der Waals surface area contributed by atoms with E-state index in [0.29, 0.717) is 6.61 Å². The van der Waals surface area contributed by atoms with E-state index in [-0.39, 0.29) is 33.0 Å². The highest BCUT2D eigenvalue weighted by Crippen LogP contribution is 2.39. The lowest BCUT2D eigenvalue weighted by Crippen LogP contribution is -2.66. The number of ether oxygens (including phenoxy) is 10. The molecule has 3 aliphatic heterocycles. The van der Waals surface area contributed by atoms with Gasteiger partial charge in [-0.2, -0.15) is 0 Å². The minimum Gasteiger partial charge on any atom is -0.374 e. The number of hydrogen-bond donors (Lipinski definition) is 0. The van der Waals surface area contributed by atoms with E-state index in [1.165, 1.54) is 0 Å². The Morgan fingerprint density at radius 2 is 1.02 bits per heavy atom. The molecule has 0 unspecified atom stereocenters. The quantitative estimate of drug-likeness (QED) is 0.0925. The molecule has 0 amide bonds. The maximum absolute atomic E-state index is 17.2. The van der Waals surface area contributed by atoms with Crippen LogP contribution in [0.25, 0.3) is 0 Å². The molecule has 5 aromatic carbocycles. The van der Waals surface area contributed by atoms with Crippen molar-refractivity contribution in [1.29, 1.82) is 0 Å². The number of alkyl halides is 1. The lowest BCUT2D eigenvalue weighted by atomic mass is 9.96. The van der Waals surface area contributed by atoms with Crippen LogP contribution >= 0.6 is 0 Å². The van der Waals surface area contributed by atoms with E-state index in [1.54, 1.807) is 7.11 Å². The first-order valence-electron chi connectivity index (χ1n) is 20.2. The molecule has 310 valence electrons. The zero-order valence-corrected chi connectivity index (χ0v) is 33.0. The van der Waals surface area contributed by atoms with Crippen molar-refractivity contribution in [2.75, 3.05) is 20.3 Å². The third kappa shape index (κ3) is 10.7. The minimum atomic E-state index is -1.66. The fourth-order valence-corrected chi connectivity index (χ4v) is 7.65. The van der Waals surface area contributed by atoms with Gasteiger partial charge < -0.3 is 47.4 Å². The Morgan fingerprint density at radius 3 is 1.56 bits per heavy atom. The van der Waals surface area contributed by atoms with E-state index in [1.807, 2.05) is 152 Å². The van der Waals surface area contributed by atoms with Crippen LogP contribution in [0.15, 0.2) is 152 Å². The summed E-state index contributed by atoms with van der Waals surface area (Å²) in [5.74, 6) is 0. The Hall–Kier alpha value is -4.37. The van der Waals surface area contributed by atoms with Crippen LogP contribution in [0.4, 0.5) is 4.39 Å². The molecule has 0 aromatic heterocycles. The largest absolute Gasteiger partial charge is 0.374 e. The van der Waals surface area contributed by atoms with Crippen LogP contribution in [0, 0.1) is 0 Å². The van der Waals surface area contributed by atoms with Crippen LogP contribution in [0.5, 0.6) is 0 Å². The van der Waals surface area contributed by atoms with Gasteiger partial charge in [0.25, 0.3) is 0 Å². The fraction of sp³-hybridized carbons (Fsp3) is 0.375. The first-order valence-corrected chi connectivity index (χ1v) is 20.2. The highest BCUT2D eigenvalue weighted by Gasteiger charge is 2.55. The molecule has 0 spiro atoms. The monoisotopic (exact) mass is 806 g/mol. The topological polar surface area (TPSA) is 92.3 Å². The van der Waals surface area contributed by atoms with Gasteiger partial charge in [-0.05, 0) is 22.3 Å². The van der Waals surface area contributed by atoms with Gasteiger partial charge in [0.2, 0.25) is 0 Å². The maximum atomic E-state index is 17.2. The van der Waals surface area contributed by atoms with Crippen molar-refractivity contribution >= 4 is 0 Å². The van der Waals surface area contributed by atoms with E-state index in [4.69, 9.17) is 47.4 Å². The highest BCUT2D eigenvalue weighted by atomic mass is 19.1. The predicted molar refractivity (Wildman–Crippen MR) is 215 cm³/mol. The summed E-state index contributed by atoms with van der Waals surface area (Å²) in [5.41, 5.74) is 4.54. The average Bonchev–Trinajstić information content (AvgIpc) is 3.29. The zero-order chi connectivity index (χ0) is 40.2. The van der Waals surface area contributed by atoms with Gasteiger partial charge >= 0.3 is 0 Å². The molecule has 8 rings (SSSR count). The summed E-state index contributed by atoms with van der Waals surface area (Å²) in [6.07, 6.45) is -10.8. The normalized spacial score (nSPS) is 29.4. The van der Waals surface area contributed by atoms with Crippen molar-refractivity contribution in [2.24, 2.45) is 0 Å². The van der Waals surface area contributed by atoms with Gasteiger partial charge in [-0.15, -0.1) is 0 Å². The SMILES string of the molecule is CO[C@H]1O[C@H](COCc2ccccc2)[C@@H](O[C@@H]2O[C@@H]3CO[C@@H](c4ccccc4)O[C@H]3[C@H](F)[C@H]2OCc2ccccc2)[C@H](OCc2ccccc2)[C@H]1OCc1ccccc1. The summed E-state index contributed by atoms with van der Waals surface area (Å²) in [4.78, 5) is 0. The Balaban J connectivity index is 1.11. The van der Waals surface area contributed by atoms with E-state index in [0.717, 1.165) is 27.8 Å². The molecule has 3 fully saturated rings. The summed E-state index contributed by atoms with van der Waals surface area (Å²) in [7, 11) is 1.57. The summed E-state index contributed by atoms with van der Waals surface area (Å²) in [6.45, 7) is 1.07. The maximum Gasteiger partial charge on any atom is 0.187 e. The molecule has 0 saturated carbocycles. The molecule has 10 nitrogen and oxygen atoms in total. The van der Waals surface area contributed by atoms with Crippen LogP contribution in [-0.2, 0) is 73.8 Å². The first kappa shape index (κ1) is 41.4. The van der Waals surface area contributed by atoms with Crippen LogP contribution < -0.4 is 0 Å². The van der Waals surface area contributed by atoms with Crippen LogP contribution in [0.3, 0.4) is 0 Å². The van der Waals surface area contributed by atoms with E-state index < -0.39 is 67.8 Å². The third-order valence-electron chi connectivity index (χ3n) is 10.7. The summed E-state index contributed by atoms with van der Waals surface area (Å²) in [6, 6.07) is 48.6. The molecule has 0 bridgehead atoms. The van der Waals surface area contributed by atoms with Gasteiger partial charge in [0.15, 0.2) is 25.0 Å². The lowest BCUT2D eigenvalue weighted by molar-refractivity contribution is -0.388. The molecule has 0 N–H and O–H groups in total. The summed E-state index contributed by atoms with van der Waals surface area (Å²) < 4.78 is 82.0. The molecular weight excluding hydrogens is 756 g/mol. The van der Waals surface area contributed by atoms with Crippen LogP contribution in [0.2, 0.25) is 0 Å². The van der Waals surface area contributed by atoms with Gasteiger partial charge in [-0.25, -0.2) is 4.39 Å². The van der Waals surface area contributed by atoms with Crippen molar-refractivity contribution in [3.8, 4) is 0 Å². The fourth-order valence-electron chi connectivity index (χ4n) is 7.65. The minimum absolute atomic E-state index is 0.0726. The van der Waals surface area contributed by atoms with Crippen molar-refractivity contribution in [3.63, 3.8) is 0 Å². The Bertz CT molecular complexity index is 1950. The first-order chi connectivity index (χ1) is 29.1. The van der Waals surface area contributed by atoms with Crippen molar-refractivity contribution in [3.05, 3.63) is 179 Å². The number of rotatable bonds is 17. The van der Waals surface area contributed by atoms with Gasteiger partial charge in [0.1, 0.15) is 42.7 Å². The standard InChI is InChI=1S/C48H51FO10/c1-50-47-45(54-30-36-23-13-5-14-24-36)44(53-29-35-21-11-4-12-22-35)42(38(56-47)31-51-27-33-17-7-2-8-18-33)59-48-43(52-28-34-19-9-3-10-20-34)40(49)41-39(57-48)32-55-46(58-41)37-25-15-6-16-26-37/h2-26,38-48H,27-32H2,1H3/t38-,39-,40+,41-,42-,43-,44+,45-,46-,47+,48+/m1/s1. The molecule has 0 aliphatic carbocycles. The second-order valence-corrected chi connectivity index (χ2v) is 14.8. The molecule has 3 saturated heterocycles. The zero-order valence-electron chi connectivity index (χ0n) is 33.0. The third-order valence-corrected chi connectivity index (χ3v) is 10.7. The highest BCUT2D eigenvalue weighted by molar-refractivity contribution is 5.18. The second kappa shape index (κ2) is 20.7. The van der Waals surface area contributed by atoms with Crippen LogP contribution in [0.1, 0.15) is 34.1 Å². The number of benzene rings is 5. The number of halogens is 1. The average molecular weight is 807 g/mol. The predicted octanol–water partition coefficient (Wildman–Crippen LogP) is 7.89. The molecule has 11 heteroatoms.